The van der Waals surface area contributed by atoms with E-state index in [4.69, 9.17) is 9.47 Å². The fourth-order valence-electron chi connectivity index (χ4n) is 2.27. The Morgan fingerprint density at radius 2 is 2.14 bits per heavy atom. The van der Waals surface area contributed by atoms with Crippen molar-refractivity contribution in [3.8, 4) is 5.88 Å². The van der Waals surface area contributed by atoms with E-state index in [9.17, 15) is 4.79 Å². The van der Waals surface area contributed by atoms with Gasteiger partial charge in [0.05, 0.1) is 20.3 Å². The van der Waals surface area contributed by atoms with Gasteiger partial charge in [-0.25, -0.2) is 0 Å². The first-order valence-corrected chi connectivity index (χ1v) is 6.89. The molecule has 0 spiro atoms. The SMILES string of the molecule is COc1ccc2nnc(CCC(=O)N3CCOCC3)n2n1. The molecule has 3 heterocycles. The van der Waals surface area contributed by atoms with Gasteiger partial charge >= 0.3 is 0 Å². The number of hydrogen-bond acceptors (Lipinski definition) is 6. The molecule has 0 radical (unpaired) electrons. The lowest BCUT2D eigenvalue weighted by Gasteiger charge is -2.26. The topological polar surface area (TPSA) is 81.9 Å². The van der Waals surface area contributed by atoms with E-state index in [0.29, 0.717) is 56.5 Å². The number of ether oxygens (including phenoxy) is 2. The van der Waals surface area contributed by atoms with Crippen LogP contribution >= 0.6 is 0 Å². The molecule has 0 atom stereocenters. The van der Waals surface area contributed by atoms with Crippen LogP contribution < -0.4 is 4.74 Å². The smallest absolute Gasteiger partial charge is 0.231 e. The Morgan fingerprint density at radius 1 is 1.33 bits per heavy atom. The van der Waals surface area contributed by atoms with Crippen LogP contribution in [-0.2, 0) is 16.0 Å². The van der Waals surface area contributed by atoms with E-state index in [1.807, 2.05) is 4.90 Å². The van der Waals surface area contributed by atoms with Gasteiger partial charge in [-0.2, -0.15) is 4.52 Å². The third-order valence-corrected chi connectivity index (χ3v) is 3.44. The molecule has 3 rings (SSSR count). The molecule has 0 aliphatic carbocycles. The molecule has 1 aliphatic heterocycles. The molecule has 1 saturated heterocycles. The number of rotatable bonds is 4. The number of aromatic nitrogens is 4. The Kier molecular flexibility index (Phi) is 3.96. The number of carbonyl (C=O) groups excluding carboxylic acids is 1. The molecule has 21 heavy (non-hydrogen) atoms. The summed E-state index contributed by atoms with van der Waals surface area (Å²) in [6.07, 6.45) is 0.886. The summed E-state index contributed by atoms with van der Waals surface area (Å²) in [7, 11) is 1.56. The quantitative estimate of drug-likeness (QED) is 0.784. The van der Waals surface area contributed by atoms with Gasteiger partial charge in [0.1, 0.15) is 0 Å². The third-order valence-electron chi connectivity index (χ3n) is 3.44. The lowest BCUT2D eigenvalue weighted by atomic mass is 10.2. The van der Waals surface area contributed by atoms with Crippen LogP contribution in [0.5, 0.6) is 5.88 Å². The van der Waals surface area contributed by atoms with E-state index >= 15 is 0 Å². The Morgan fingerprint density at radius 3 is 2.90 bits per heavy atom. The van der Waals surface area contributed by atoms with Crippen LogP contribution in [0.1, 0.15) is 12.2 Å². The number of morpholine rings is 1. The summed E-state index contributed by atoms with van der Waals surface area (Å²) in [4.78, 5) is 13.9. The van der Waals surface area contributed by atoms with Crippen LogP contribution in [-0.4, -0.2) is 64.0 Å². The summed E-state index contributed by atoms with van der Waals surface area (Å²) in [6, 6.07) is 3.51. The Bertz CT molecular complexity index is 636. The van der Waals surface area contributed by atoms with Crippen molar-refractivity contribution in [2.75, 3.05) is 33.4 Å². The maximum absolute atomic E-state index is 12.1. The molecule has 1 fully saturated rings. The second-order valence-corrected chi connectivity index (χ2v) is 4.76. The summed E-state index contributed by atoms with van der Waals surface area (Å²) >= 11 is 0. The predicted molar refractivity (Wildman–Crippen MR) is 73.1 cm³/mol. The van der Waals surface area contributed by atoms with E-state index in [-0.39, 0.29) is 5.91 Å². The average molecular weight is 291 g/mol. The maximum Gasteiger partial charge on any atom is 0.231 e. The molecule has 0 aromatic carbocycles. The van der Waals surface area contributed by atoms with Crippen molar-refractivity contribution in [1.29, 1.82) is 0 Å². The number of amides is 1. The number of aryl methyl sites for hydroxylation is 1. The normalized spacial score (nSPS) is 15.4. The zero-order chi connectivity index (χ0) is 14.7. The number of carbonyl (C=O) groups is 1. The van der Waals surface area contributed by atoms with Crippen LogP contribution in [0, 0.1) is 0 Å². The molecule has 0 unspecified atom stereocenters. The van der Waals surface area contributed by atoms with E-state index < -0.39 is 0 Å². The summed E-state index contributed by atoms with van der Waals surface area (Å²) in [6.45, 7) is 2.54. The highest BCUT2D eigenvalue weighted by atomic mass is 16.5. The van der Waals surface area contributed by atoms with Crippen molar-refractivity contribution in [1.82, 2.24) is 24.7 Å². The lowest BCUT2D eigenvalue weighted by Crippen LogP contribution is -2.40. The first-order valence-electron chi connectivity index (χ1n) is 6.89. The zero-order valence-corrected chi connectivity index (χ0v) is 11.9. The van der Waals surface area contributed by atoms with Gasteiger partial charge in [0.2, 0.25) is 11.8 Å². The van der Waals surface area contributed by atoms with Crippen molar-refractivity contribution in [3.05, 3.63) is 18.0 Å². The van der Waals surface area contributed by atoms with Crippen molar-refractivity contribution in [2.24, 2.45) is 0 Å². The van der Waals surface area contributed by atoms with Crippen molar-refractivity contribution < 1.29 is 14.3 Å². The van der Waals surface area contributed by atoms with E-state index in [1.54, 1.807) is 23.8 Å². The van der Waals surface area contributed by atoms with Crippen LogP contribution in [0.2, 0.25) is 0 Å². The first kappa shape index (κ1) is 13.7. The highest BCUT2D eigenvalue weighted by molar-refractivity contribution is 5.76. The molecule has 1 amide bonds. The highest BCUT2D eigenvalue weighted by Gasteiger charge is 2.18. The fourth-order valence-corrected chi connectivity index (χ4v) is 2.27. The Balaban J connectivity index is 1.68. The molecule has 8 heteroatoms. The standard InChI is InChI=1S/C13H17N5O3/c1-20-12-4-2-10-14-15-11(18(10)16-12)3-5-13(19)17-6-8-21-9-7-17/h2,4H,3,5-9H2,1H3. The second kappa shape index (κ2) is 6.04. The monoisotopic (exact) mass is 291 g/mol. The molecular formula is C13H17N5O3. The molecule has 0 bridgehead atoms. The minimum atomic E-state index is 0.109. The van der Waals surface area contributed by atoms with Crippen LogP contribution in [0.15, 0.2) is 12.1 Å². The summed E-state index contributed by atoms with van der Waals surface area (Å²) in [5.74, 6) is 1.26. The highest BCUT2D eigenvalue weighted by Crippen LogP contribution is 2.10. The van der Waals surface area contributed by atoms with Crippen LogP contribution in [0.25, 0.3) is 5.65 Å². The van der Waals surface area contributed by atoms with Gasteiger partial charge in [-0.15, -0.1) is 15.3 Å². The fraction of sp³-hybridized carbons (Fsp3) is 0.538. The Hall–Kier alpha value is -2.22. The Labute approximate surface area is 121 Å². The van der Waals surface area contributed by atoms with Crippen molar-refractivity contribution >= 4 is 11.6 Å². The molecule has 112 valence electrons. The number of nitrogens with zero attached hydrogens (tertiary/aromatic N) is 5. The van der Waals surface area contributed by atoms with Gasteiger partial charge in [-0.05, 0) is 6.07 Å². The van der Waals surface area contributed by atoms with Gasteiger partial charge in [0, 0.05) is 32.0 Å². The maximum atomic E-state index is 12.1. The first-order chi connectivity index (χ1) is 10.3. The molecule has 0 N–H and O–H groups in total. The molecule has 1 aliphatic rings. The second-order valence-electron chi connectivity index (χ2n) is 4.76. The third kappa shape index (κ3) is 2.94. The molecule has 2 aromatic heterocycles. The average Bonchev–Trinajstić information content (AvgIpc) is 2.95. The zero-order valence-electron chi connectivity index (χ0n) is 11.9. The van der Waals surface area contributed by atoms with Crippen molar-refractivity contribution in [3.63, 3.8) is 0 Å². The lowest BCUT2D eigenvalue weighted by molar-refractivity contribution is -0.135. The summed E-state index contributed by atoms with van der Waals surface area (Å²) < 4.78 is 11.9. The van der Waals surface area contributed by atoms with Gasteiger partial charge in [0.25, 0.3) is 0 Å². The van der Waals surface area contributed by atoms with Crippen LogP contribution in [0.4, 0.5) is 0 Å². The van der Waals surface area contributed by atoms with E-state index in [0.717, 1.165) is 0 Å². The molecule has 0 saturated carbocycles. The minimum Gasteiger partial charge on any atom is -0.480 e. The van der Waals surface area contributed by atoms with E-state index in [1.165, 1.54) is 0 Å². The molecule has 2 aromatic rings. The van der Waals surface area contributed by atoms with Crippen molar-refractivity contribution in [2.45, 2.75) is 12.8 Å². The summed E-state index contributed by atoms with van der Waals surface area (Å²) in [5, 5.41) is 12.4. The van der Waals surface area contributed by atoms with Gasteiger partial charge in [0.15, 0.2) is 11.5 Å². The molecule has 8 nitrogen and oxygen atoms in total. The summed E-state index contributed by atoms with van der Waals surface area (Å²) in [5.41, 5.74) is 0.643. The van der Waals surface area contributed by atoms with Gasteiger partial charge in [-0.3, -0.25) is 4.79 Å². The van der Waals surface area contributed by atoms with Gasteiger partial charge in [-0.1, -0.05) is 0 Å². The predicted octanol–water partition coefficient (Wildman–Crippen LogP) is -0.0757. The largest absolute Gasteiger partial charge is 0.480 e. The van der Waals surface area contributed by atoms with E-state index in [2.05, 4.69) is 15.3 Å². The van der Waals surface area contributed by atoms with Crippen LogP contribution in [0.3, 0.4) is 0 Å². The number of methoxy groups -OCH3 is 1. The van der Waals surface area contributed by atoms with Gasteiger partial charge < -0.3 is 14.4 Å². The molecular weight excluding hydrogens is 274 g/mol. The minimum absolute atomic E-state index is 0.109. The number of fused-ring (bicyclic) bond motifs is 1. The number of hydrogen-bond donors (Lipinski definition) is 0.